The molecular weight excluding hydrogens is 177 g/mol. The van der Waals surface area contributed by atoms with Gasteiger partial charge in [0.25, 0.3) is 0 Å². The van der Waals surface area contributed by atoms with Gasteiger partial charge in [-0.2, -0.15) is 0 Å². The minimum absolute atomic E-state index is 0. The van der Waals surface area contributed by atoms with Crippen molar-refractivity contribution >= 4 is 23.2 Å². The average Bonchev–Trinajstić information content (AvgIpc) is 1.93. The van der Waals surface area contributed by atoms with E-state index in [2.05, 4.69) is 5.32 Å². The van der Waals surface area contributed by atoms with Crippen molar-refractivity contribution in [2.45, 2.75) is 0 Å². The van der Waals surface area contributed by atoms with E-state index in [-0.39, 0.29) is 10.8 Å². The number of hydrogen-bond acceptors (Lipinski definition) is 2. The van der Waals surface area contributed by atoms with Gasteiger partial charge in [-0.3, -0.25) is 0 Å². The Morgan fingerprint density at radius 1 is 1.20 bits per heavy atom. The van der Waals surface area contributed by atoms with Crippen LogP contribution in [0.4, 0.5) is 0 Å². The highest BCUT2D eigenvalue weighted by Gasteiger charge is 1.92. The van der Waals surface area contributed by atoms with E-state index in [0.717, 1.165) is 26.3 Å². The van der Waals surface area contributed by atoms with Gasteiger partial charge in [0.15, 0.2) is 0 Å². The second-order valence-electron chi connectivity index (χ2n) is 1.46. The molecule has 10 heavy (non-hydrogen) atoms. The van der Waals surface area contributed by atoms with E-state index in [1.165, 1.54) is 0 Å². The van der Waals surface area contributed by atoms with Crippen molar-refractivity contribution in [3.05, 3.63) is 0 Å². The third kappa shape index (κ3) is 11.3. The molecule has 5 heteroatoms. The second kappa shape index (κ2) is 12.2. The van der Waals surface area contributed by atoms with Crippen LogP contribution in [-0.2, 0) is 4.74 Å². The van der Waals surface area contributed by atoms with E-state index in [9.17, 15) is 0 Å². The van der Waals surface area contributed by atoms with E-state index in [4.69, 9.17) is 27.9 Å². The number of nitrogens with one attached hydrogen (secondary N) is 1. The molecule has 3 nitrogen and oxygen atoms in total. The van der Waals surface area contributed by atoms with Gasteiger partial charge in [0, 0.05) is 13.1 Å². The summed E-state index contributed by atoms with van der Waals surface area (Å²) in [4.78, 5) is 0. The van der Waals surface area contributed by atoms with Crippen molar-refractivity contribution < 1.29 is 10.2 Å². The van der Waals surface area contributed by atoms with Crippen LogP contribution < -0.4 is 5.32 Å². The highest BCUT2D eigenvalue weighted by molar-refractivity contribution is 6.40. The lowest BCUT2D eigenvalue weighted by molar-refractivity contribution is 0.109. The Hall–Kier alpha value is 0.460. The van der Waals surface area contributed by atoms with E-state index in [1.54, 1.807) is 0 Å². The van der Waals surface area contributed by atoms with Gasteiger partial charge >= 0.3 is 0 Å². The third-order valence-corrected chi connectivity index (χ3v) is 0.846. The Kier molecular flexibility index (Phi) is 15.9. The number of hydrogen-bond donors (Lipinski definition) is 1. The number of alkyl halides is 2. The van der Waals surface area contributed by atoms with E-state index in [0.29, 0.717) is 0 Å². The Morgan fingerprint density at radius 2 is 1.60 bits per heavy atom. The van der Waals surface area contributed by atoms with Gasteiger partial charge in [-0.25, -0.2) is 0 Å². The van der Waals surface area contributed by atoms with Crippen LogP contribution in [0, 0.1) is 0 Å². The highest BCUT2D eigenvalue weighted by Crippen LogP contribution is 1.76. The summed E-state index contributed by atoms with van der Waals surface area (Å²) in [5.74, 6) is 0. The zero-order valence-corrected chi connectivity index (χ0v) is 7.21. The molecule has 0 radical (unpaired) electrons. The van der Waals surface area contributed by atoms with Crippen LogP contribution in [0.5, 0.6) is 0 Å². The van der Waals surface area contributed by atoms with Gasteiger partial charge in [-0.15, -0.1) is 23.2 Å². The number of morpholine rings is 1. The highest BCUT2D eigenvalue weighted by atomic mass is 35.5. The molecule has 1 heterocycles. The fourth-order valence-electron chi connectivity index (χ4n) is 0.516. The smallest absolute Gasteiger partial charge is 0.0967 e. The summed E-state index contributed by atoms with van der Waals surface area (Å²) in [5, 5.41) is 3.35. The van der Waals surface area contributed by atoms with Gasteiger partial charge in [0.05, 0.1) is 18.6 Å². The molecule has 0 spiro atoms. The molecule has 0 bridgehead atoms. The van der Waals surface area contributed by atoms with Crippen LogP contribution in [0.2, 0.25) is 0 Å². The molecule has 0 saturated carbocycles. The van der Waals surface area contributed by atoms with Crippen LogP contribution in [0.3, 0.4) is 0 Å². The molecule has 0 aliphatic carbocycles. The van der Waals surface area contributed by atoms with Gasteiger partial charge in [0.1, 0.15) is 0 Å². The SMILES string of the molecule is C1COCCN1.ClCCl.O. The van der Waals surface area contributed by atoms with Crippen LogP contribution in [0.1, 0.15) is 0 Å². The van der Waals surface area contributed by atoms with Crippen molar-refractivity contribution in [1.82, 2.24) is 5.32 Å². The molecule has 0 aromatic rings. The minimum atomic E-state index is 0. The summed E-state index contributed by atoms with van der Waals surface area (Å²) in [5.41, 5.74) is 0. The predicted molar refractivity (Wildman–Crippen MR) is 43.9 cm³/mol. The standard InChI is InChI=1S/C4H9NO.CH2Cl2.H2O/c1-3-6-4-2-5-1;2-1-3;/h5H,1-4H2;1H2;1H2. The molecule has 1 fully saturated rings. The summed E-state index contributed by atoms with van der Waals surface area (Å²) in [6, 6.07) is 0. The number of ether oxygens (including phenoxy) is 1. The van der Waals surface area contributed by atoms with Crippen LogP contribution in [0.25, 0.3) is 0 Å². The number of halogens is 2. The van der Waals surface area contributed by atoms with E-state index in [1.807, 2.05) is 0 Å². The Balaban J connectivity index is 0. The largest absolute Gasteiger partial charge is 0.412 e. The lowest BCUT2D eigenvalue weighted by atomic mass is 10.5. The Labute approximate surface area is 70.9 Å². The summed E-state index contributed by atoms with van der Waals surface area (Å²) < 4.78 is 5.01. The van der Waals surface area contributed by atoms with Crippen molar-refractivity contribution in [2.24, 2.45) is 0 Å². The van der Waals surface area contributed by atoms with Crippen molar-refractivity contribution in [2.75, 3.05) is 31.6 Å². The maximum absolute atomic E-state index is 5.01. The topological polar surface area (TPSA) is 52.8 Å². The first kappa shape index (κ1) is 13.1. The molecule has 1 rings (SSSR count). The van der Waals surface area contributed by atoms with Gasteiger partial charge in [-0.1, -0.05) is 0 Å². The molecule has 0 aromatic heterocycles. The summed E-state index contributed by atoms with van der Waals surface area (Å²) in [7, 11) is 0. The lowest BCUT2D eigenvalue weighted by Crippen LogP contribution is -2.30. The van der Waals surface area contributed by atoms with Crippen LogP contribution in [-0.4, -0.2) is 37.1 Å². The summed E-state index contributed by atoms with van der Waals surface area (Å²) in [6.45, 7) is 3.83. The van der Waals surface area contributed by atoms with E-state index >= 15 is 0 Å². The molecule has 0 amide bonds. The quantitative estimate of drug-likeness (QED) is 0.555. The first-order valence-electron chi connectivity index (χ1n) is 2.82. The van der Waals surface area contributed by atoms with Gasteiger partial charge in [-0.05, 0) is 0 Å². The zero-order valence-electron chi connectivity index (χ0n) is 5.70. The number of rotatable bonds is 0. The van der Waals surface area contributed by atoms with Crippen molar-refractivity contribution in [3.8, 4) is 0 Å². The third-order valence-electron chi connectivity index (χ3n) is 0.846. The normalized spacial score (nSPS) is 16.2. The summed E-state index contributed by atoms with van der Waals surface area (Å²) >= 11 is 9.53. The molecule has 0 unspecified atom stereocenters. The molecule has 1 saturated heterocycles. The molecule has 1 aliphatic rings. The Bertz CT molecular complexity index is 41.4. The zero-order chi connectivity index (χ0) is 6.95. The monoisotopic (exact) mass is 189 g/mol. The van der Waals surface area contributed by atoms with Crippen LogP contribution in [0.15, 0.2) is 0 Å². The summed E-state index contributed by atoms with van der Waals surface area (Å²) in [6.07, 6.45) is 0. The maximum Gasteiger partial charge on any atom is 0.0967 e. The molecule has 1 aliphatic heterocycles. The maximum atomic E-state index is 5.01. The average molecular weight is 190 g/mol. The molecular formula is C5H13Cl2NO2. The van der Waals surface area contributed by atoms with Gasteiger partial charge < -0.3 is 15.5 Å². The molecule has 0 atom stereocenters. The molecule has 64 valence electrons. The first-order chi connectivity index (χ1) is 4.41. The van der Waals surface area contributed by atoms with Crippen LogP contribution >= 0.6 is 23.2 Å². The second-order valence-corrected chi connectivity index (χ2v) is 2.27. The molecule has 0 aromatic carbocycles. The first-order valence-corrected chi connectivity index (χ1v) is 3.89. The van der Waals surface area contributed by atoms with E-state index < -0.39 is 0 Å². The van der Waals surface area contributed by atoms with Crippen molar-refractivity contribution in [3.63, 3.8) is 0 Å². The van der Waals surface area contributed by atoms with Gasteiger partial charge in [0.2, 0.25) is 0 Å². The van der Waals surface area contributed by atoms with Crippen molar-refractivity contribution in [1.29, 1.82) is 0 Å². The predicted octanol–water partition coefficient (Wildman–Crippen LogP) is 0.203. The lowest BCUT2D eigenvalue weighted by Gasteiger charge is -2.10. The minimum Gasteiger partial charge on any atom is -0.412 e. The molecule has 3 N–H and O–H groups in total. The fourth-order valence-corrected chi connectivity index (χ4v) is 0.516. The fraction of sp³-hybridized carbons (Fsp3) is 1.00. The Morgan fingerprint density at radius 3 is 1.70 bits per heavy atom.